The number of benzene rings is 6. The number of fused-ring (bicyclic) bond motifs is 7. The predicted molar refractivity (Wildman–Crippen MR) is 174 cm³/mol. The van der Waals surface area contributed by atoms with Crippen molar-refractivity contribution in [3.63, 3.8) is 0 Å². The Balaban J connectivity index is 1.39. The van der Waals surface area contributed by atoms with Crippen LogP contribution in [0.5, 0.6) is 0 Å². The monoisotopic (exact) mass is 550 g/mol. The van der Waals surface area contributed by atoms with Gasteiger partial charge in [-0.15, -0.1) is 0 Å². The van der Waals surface area contributed by atoms with Crippen LogP contribution in [0.2, 0.25) is 0 Å². The molecule has 0 aliphatic carbocycles. The van der Waals surface area contributed by atoms with E-state index in [4.69, 9.17) is 19.4 Å². The lowest BCUT2D eigenvalue weighted by molar-refractivity contribution is 0.669. The molecule has 3 heterocycles. The Morgan fingerprint density at radius 1 is 0.419 bits per heavy atom. The number of pyridine rings is 1. The van der Waals surface area contributed by atoms with E-state index >= 15 is 0 Å². The molecule has 0 bridgehead atoms. The van der Waals surface area contributed by atoms with Crippen LogP contribution in [0.25, 0.3) is 88.5 Å². The van der Waals surface area contributed by atoms with Gasteiger partial charge in [0.15, 0.2) is 17.5 Å². The zero-order chi connectivity index (χ0) is 28.3. The van der Waals surface area contributed by atoms with Gasteiger partial charge in [0.1, 0.15) is 11.2 Å². The summed E-state index contributed by atoms with van der Waals surface area (Å²) in [5.41, 5.74) is 5.16. The third kappa shape index (κ3) is 3.72. The first-order valence-electron chi connectivity index (χ1n) is 14.2. The molecule has 0 amide bonds. The van der Waals surface area contributed by atoms with Crippen molar-refractivity contribution in [2.24, 2.45) is 0 Å². The van der Waals surface area contributed by atoms with E-state index in [1.54, 1.807) is 0 Å². The van der Waals surface area contributed by atoms with E-state index in [0.29, 0.717) is 17.5 Å². The molecule has 0 atom stereocenters. The van der Waals surface area contributed by atoms with Gasteiger partial charge in [-0.2, -0.15) is 0 Å². The minimum absolute atomic E-state index is 0.558. The van der Waals surface area contributed by atoms with Crippen molar-refractivity contribution in [2.75, 3.05) is 0 Å². The van der Waals surface area contributed by atoms with Gasteiger partial charge in [-0.05, 0) is 40.4 Å². The number of para-hydroxylation sites is 3. The van der Waals surface area contributed by atoms with E-state index in [1.807, 2.05) is 60.8 Å². The number of nitrogens with zero attached hydrogens (tertiary/aromatic N) is 4. The third-order valence-corrected chi connectivity index (χ3v) is 8.18. The molecular weight excluding hydrogens is 528 g/mol. The van der Waals surface area contributed by atoms with Crippen molar-refractivity contribution in [1.82, 2.24) is 19.9 Å². The molecule has 0 N–H and O–H groups in total. The van der Waals surface area contributed by atoms with E-state index in [2.05, 4.69) is 77.8 Å². The molecule has 5 nitrogen and oxygen atoms in total. The predicted octanol–water partition coefficient (Wildman–Crippen LogP) is 9.63. The van der Waals surface area contributed by atoms with Crippen LogP contribution in [0.4, 0.5) is 0 Å². The lowest BCUT2D eigenvalue weighted by Crippen LogP contribution is -2.01. The SMILES string of the molecule is c1ccc2c(c1)ccc1cccc(-c3nc(-c4ccnc5ccccc45)nc(-c4cccc5c4oc4ccccc45)n3)c12. The van der Waals surface area contributed by atoms with Crippen LogP contribution in [0, 0.1) is 0 Å². The van der Waals surface area contributed by atoms with Crippen LogP contribution < -0.4 is 0 Å². The van der Waals surface area contributed by atoms with E-state index in [9.17, 15) is 0 Å². The topological polar surface area (TPSA) is 64.7 Å². The van der Waals surface area contributed by atoms with Gasteiger partial charge < -0.3 is 4.42 Å². The molecule has 0 unspecified atom stereocenters. The van der Waals surface area contributed by atoms with Gasteiger partial charge in [0, 0.05) is 38.9 Å². The Bertz CT molecular complexity index is 2530. The quantitative estimate of drug-likeness (QED) is 0.205. The van der Waals surface area contributed by atoms with Crippen LogP contribution in [-0.2, 0) is 0 Å². The summed E-state index contributed by atoms with van der Waals surface area (Å²) >= 11 is 0. The molecule has 0 aliphatic rings. The first-order chi connectivity index (χ1) is 21.3. The molecule has 0 saturated heterocycles. The molecule has 200 valence electrons. The molecule has 9 rings (SSSR count). The zero-order valence-corrected chi connectivity index (χ0v) is 22.9. The Labute approximate surface area is 246 Å². The average Bonchev–Trinajstić information content (AvgIpc) is 3.46. The number of rotatable bonds is 3. The minimum atomic E-state index is 0.558. The highest BCUT2D eigenvalue weighted by molar-refractivity contribution is 6.14. The first-order valence-corrected chi connectivity index (χ1v) is 14.2. The standard InChI is InChI=1S/C38H22N4O/c1-2-11-25-23(9-1)19-20-24-10-7-15-30(34(24)25)37-40-36(29-21-22-39-32-17-5-3-12-26(29)32)41-38(42-37)31-16-8-14-28-27-13-4-6-18-33(27)43-35(28)31/h1-22H. The summed E-state index contributed by atoms with van der Waals surface area (Å²) in [7, 11) is 0. The Morgan fingerprint density at radius 3 is 1.95 bits per heavy atom. The molecule has 5 heteroatoms. The number of furan rings is 1. The van der Waals surface area contributed by atoms with E-state index in [-0.39, 0.29) is 0 Å². The van der Waals surface area contributed by atoms with Crippen molar-refractivity contribution in [3.8, 4) is 34.2 Å². The number of aromatic nitrogens is 4. The molecule has 0 radical (unpaired) electrons. The largest absolute Gasteiger partial charge is 0.455 e. The summed E-state index contributed by atoms with van der Waals surface area (Å²) < 4.78 is 6.42. The lowest BCUT2D eigenvalue weighted by Gasteiger charge is -2.13. The molecule has 0 aliphatic heterocycles. The molecule has 9 aromatic rings. The summed E-state index contributed by atoms with van der Waals surface area (Å²) in [6, 6.07) is 43.4. The van der Waals surface area contributed by atoms with Crippen LogP contribution >= 0.6 is 0 Å². The van der Waals surface area contributed by atoms with Crippen molar-refractivity contribution < 1.29 is 4.42 Å². The lowest BCUT2D eigenvalue weighted by atomic mass is 9.97. The molecule has 0 fully saturated rings. The molecule has 43 heavy (non-hydrogen) atoms. The summed E-state index contributed by atoms with van der Waals surface area (Å²) in [4.78, 5) is 20.0. The van der Waals surface area contributed by atoms with Crippen LogP contribution in [-0.4, -0.2) is 19.9 Å². The van der Waals surface area contributed by atoms with Crippen LogP contribution in [0.1, 0.15) is 0 Å². The van der Waals surface area contributed by atoms with E-state index in [1.165, 1.54) is 5.39 Å². The minimum Gasteiger partial charge on any atom is -0.455 e. The third-order valence-electron chi connectivity index (χ3n) is 8.18. The summed E-state index contributed by atoms with van der Waals surface area (Å²) in [5, 5.41) is 7.66. The highest BCUT2D eigenvalue weighted by Gasteiger charge is 2.20. The van der Waals surface area contributed by atoms with Gasteiger partial charge in [0.2, 0.25) is 0 Å². The summed E-state index contributed by atoms with van der Waals surface area (Å²) in [6.07, 6.45) is 1.81. The average molecular weight is 551 g/mol. The molecule has 3 aromatic heterocycles. The fourth-order valence-corrected chi connectivity index (χ4v) is 6.20. The van der Waals surface area contributed by atoms with Crippen LogP contribution in [0.15, 0.2) is 138 Å². The highest BCUT2D eigenvalue weighted by atomic mass is 16.3. The fraction of sp³-hybridized carbons (Fsp3) is 0. The van der Waals surface area contributed by atoms with Gasteiger partial charge >= 0.3 is 0 Å². The molecular formula is C38H22N4O. The van der Waals surface area contributed by atoms with Crippen molar-refractivity contribution >= 4 is 54.4 Å². The zero-order valence-electron chi connectivity index (χ0n) is 22.9. The second-order valence-electron chi connectivity index (χ2n) is 10.7. The van der Waals surface area contributed by atoms with Gasteiger partial charge in [-0.1, -0.05) is 103 Å². The van der Waals surface area contributed by atoms with Gasteiger partial charge in [0.05, 0.1) is 11.1 Å². The fourth-order valence-electron chi connectivity index (χ4n) is 6.20. The maximum absolute atomic E-state index is 6.42. The summed E-state index contributed by atoms with van der Waals surface area (Å²) in [5.74, 6) is 1.75. The molecule has 0 spiro atoms. The van der Waals surface area contributed by atoms with Crippen molar-refractivity contribution in [3.05, 3.63) is 134 Å². The van der Waals surface area contributed by atoms with Crippen molar-refractivity contribution in [2.45, 2.75) is 0 Å². The Hall–Kier alpha value is -5.94. The normalized spacial score (nSPS) is 11.7. The van der Waals surface area contributed by atoms with Crippen LogP contribution in [0.3, 0.4) is 0 Å². The van der Waals surface area contributed by atoms with Crippen molar-refractivity contribution in [1.29, 1.82) is 0 Å². The maximum atomic E-state index is 6.42. The van der Waals surface area contributed by atoms with E-state index in [0.717, 1.165) is 65.7 Å². The summed E-state index contributed by atoms with van der Waals surface area (Å²) in [6.45, 7) is 0. The number of hydrogen-bond donors (Lipinski definition) is 0. The van der Waals surface area contributed by atoms with Gasteiger partial charge in [-0.25, -0.2) is 15.0 Å². The van der Waals surface area contributed by atoms with Gasteiger partial charge in [-0.3, -0.25) is 4.98 Å². The molecule has 6 aromatic carbocycles. The Kier molecular flexibility index (Phi) is 5.13. The second kappa shape index (κ2) is 9.29. The maximum Gasteiger partial charge on any atom is 0.167 e. The smallest absolute Gasteiger partial charge is 0.167 e. The molecule has 0 saturated carbocycles. The first kappa shape index (κ1) is 23.7. The highest BCUT2D eigenvalue weighted by Crippen LogP contribution is 2.38. The number of hydrogen-bond acceptors (Lipinski definition) is 5. The van der Waals surface area contributed by atoms with E-state index < -0.39 is 0 Å². The van der Waals surface area contributed by atoms with Gasteiger partial charge in [0.25, 0.3) is 0 Å². The second-order valence-corrected chi connectivity index (χ2v) is 10.7. The Morgan fingerprint density at radius 2 is 1.05 bits per heavy atom.